The van der Waals surface area contributed by atoms with Crippen molar-refractivity contribution in [2.24, 2.45) is 11.1 Å². The Hall–Kier alpha value is -0.400. The number of likely N-dealkylation sites (N-methyl/N-ethyl adjacent to an activating group) is 1. The Morgan fingerprint density at radius 2 is 2.00 bits per heavy atom. The molecule has 2 aliphatic rings. The molecular weight excluding hydrogens is 393 g/mol. The Bertz CT molecular complexity index is 614. The van der Waals surface area contributed by atoms with Crippen LogP contribution < -0.4 is 5.73 Å². The molecule has 1 fully saturated rings. The molecule has 0 aliphatic heterocycles. The average molecular weight is 424 g/mol. The number of carbonyl (C=O) groups is 1. The Balaban J connectivity index is 0.00000169. The van der Waals surface area contributed by atoms with Gasteiger partial charge in [-0.2, -0.15) is 0 Å². The van der Waals surface area contributed by atoms with E-state index in [4.69, 9.17) is 15.5 Å². The number of hydrogen-bond acceptors (Lipinski definition) is 5. The van der Waals surface area contributed by atoms with E-state index in [0.29, 0.717) is 19.6 Å². The maximum Gasteiger partial charge on any atom is 0.243 e. The molecule has 3 rings (SSSR count). The first kappa shape index (κ1) is 23.6. The lowest BCUT2D eigenvalue weighted by atomic mass is 9.54. The fourth-order valence-corrected chi connectivity index (χ4v) is 5.10. The van der Waals surface area contributed by atoms with E-state index in [9.17, 15) is 4.79 Å². The zero-order valence-corrected chi connectivity index (χ0v) is 18.5. The van der Waals surface area contributed by atoms with Gasteiger partial charge in [-0.05, 0) is 32.6 Å². The minimum absolute atomic E-state index is 0. The van der Waals surface area contributed by atoms with Gasteiger partial charge in [-0.15, -0.1) is 36.2 Å². The summed E-state index contributed by atoms with van der Waals surface area (Å²) in [6, 6.07) is 0. The summed E-state index contributed by atoms with van der Waals surface area (Å²) in [5.74, 6) is -0.00312. The van der Waals surface area contributed by atoms with Gasteiger partial charge in [0, 0.05) is 30.4 Å². The van der Waals surface area contributed by atoms with Gasteiger partial charge in [0.25, 0.3) is 0 Å². The third-order valence-corrected chi connectivity index (χ3v) is 6.96. The first-order valence-electron chi connectivity index (χ1n) is 8.93. The van der Waals surface area contributed by atoms with Crippen LogP contribution in [0.3, 0.4) is 0 Å². The number of aromatic nitrogens is 1. The van der Waals surface area contributed by atoms with Gasteiger partial charge in [0.15, 0.2) is 0 Å². The van der Waals surface area contributed by atoms with Crippen molar-refractivity contribution >= 4 is 42.1 Å². The maximum absolute atomic E-state index is 13.0. The van der Waals surface area contributed by atoms with Crippen molar-refractivity contribution in [2.45, 2.75) is 71.1 Å². The average Bonchev–Trinajstić information content (AvgIpc) is 2.95. The highest BCUT2D eigenvalue weighted by atomic mass is 35.5. The third-order valence-electron chi connectivity index (χ3n) is 5.82. The fraction of sp³-hybridized carbons (Fsp3) is 0.778. The standard InChI is InChI=1S/C18H29N3O2S.2ClH/c1-5-23-14-10-18(19,17(14,2)3)16(22)21(4)11-15-20-12-8-6-7-9-13(12)24-15;;/h14H,5-11,19H2,1-4H3;2*1H. The van der Waals surface area contributed by atoms with Crippen LogP contribution in [-0.2, 0) is 28.9 Å². The van der Waals surface area contributed by atoms with Crippen molar-refractivity contribution in [3.05, 3.63) is 15.6 Å². The molecule has 1 aromatic heterocycles. The monoisotopic (exact) mass is 423 g/mol. The highest BCUT2D eigenvalue weighted by Crippen LogP contribution is 2.50. The highest BCUT2D eigenvalue weighted by molar-refractivity contribution is 7.11. The topological polar surface area (TPSA) is 68.5 Å². The van der Waals surface area contributed by atoms with Gasteiger partial charge in [-0.3, -0.25) is 4.79 Å². The molecule has 0 bridgehead atoms. The predicted octanol–water partition coefficient (Wildman–Crippen LogP) is 3.36. The summed E-state index contributed by atoms with van der Waals surface area (Å²) in [6.45, 7) is 7.24. The zero-order valence-electron chi connectivity index (χ0n) is 16.0. The van der Waals surface area contributed by atoms with Crippen LogP contribution in [0.4, 0.5) is 0 Å². The molecular formula is C18H31Cl2N3O2S. The summed E-state index contributed by atoms with van der Waals surface area (Å²) in [6.07, 6.45) is 5.33. The van der Waals surface area contributed by atoms with Crippen LogP contribution in [0.2, 0.25) is 0 Å². The molecule has 1 amide bonds. The lowest BCUT2D eigenvalue weighted by Crippen LogP contribution is -2.75. The number of hydrogen-bond donors (Lipinski definition) is 1. The minimum Gasteiger partial charge on any atom is -0.378 e. The van der Waals surface area contributed by atoms with Gasteiger partial charge in [0.05, 0.1) is 18.3 Å². The molecule has 0 radical (unpaired) electrons. The number of ether oxygens (including phenoxy) is 1. The molecule has 8 heteroatoms. The van der Waals surface area contributed by atoms with Gasteiger partial charge in [0.2, 0.25) is 5.91 Å². The quantitative estimate of drug-likeness (QED) is 0.787. The normalized spacial score (nSPS) is 26.0. The smallest absolute Gasteiger partial charge is 0.243 e. The summed E-state index contributed by atoms with van der Waals surface area (Å²) in [5, 5.41) is 1.03. The zero-order chi connectivity index (χ0) is 17.5. The fourth-order valence-electron chi connectivity index (χ4n) is 3.89. The van der Waals surface area contributed by atoms with Crippen LogP contribution in [-0.4, -0.2) is 41.1 Å². The van der Waals surface area contributed by atoms with Crippen LogP contribution in [0.15, 0.2) is 0 Å². The second-order valence-electron chi connectivity index (χ2n) is 7.69. The van der Waals surface area contributed by atoms with Gasteiger partial charge in [-0.25, -0.2) is 4.98 Å². The summed E-state index contributed by atoms with van der Waals surface area (Å²) < 4.78 is 5.73. The Kier molecular flexibility index (Phi) is 7.94. The molecule has 0 aromatic carbocycles. The number of aryl methyl sites for hydroxylation is 2. The Morgan fingerprint density at radius 1 is 1.35 bits per heavy atom. The van der Waals surface area contributed by atoms with E-state index in [-0.39, 0.29) is 42.2 Å². The molecule has 26 heavy (non-hydrogen) atoms. The molecule has 2 unspecified atom stereocenters. The van der Waals surface area contributed by atoms with Crippen LogP contribution in [0.1, 0.15) is 55.6 Å². The number of nitrogens with two attached hydrogens (primary N) is 1. The molecule has 5 nitrogen and oxygen atoms in total. The van der Waals surface area contributed by atoms with E-state index in [2.05, 4.69) is 0 Å². The number of nitrogens with zero attached hydrogens (tertiary/aromatic N) is 2. The number of fused-ring (bicyclic) bond motifs is 1. The predicted molar refractivity (Wildman–Crippen MR) is 110 cm³/mol. The van der Waals surface area contributed by atoms with Crippen molar-refractivity contribution in [3.8, 4) is 0 Å². The molecule has 0 saturated heterocycles. The molecule has 2 aliphatic carbocycles. The molecule has 2 atom stereocenters. The molecule has 150 valence electrons. The third kappa shape index (κ3) is 3.90. The number of thiazole rings is 1. The van der Waals surface area contributed by atoms with Crippen molar-refractivity contribution in [1.29, 1.82) is 0 Å². The van der Waals surface area contributed by atoms with Crippen molar-refractivity contribution in [3.63, 3.8) is 0 Å². The largest absolute Gasteiger partial charge is 0.378 e. The van der Waals surface area contributed by atoms with Gasteiger partial charge in [-0.1, -0.05) is 13.8 Å². The van der Waals surface area contributed by atoms with Gasteiger partial charge in [0.1, 0.15) is 10.5 Å². The van der Waals surface area contributed by atoms with Crippen molar-refractivity contribution in [1.82, 2.24) is 9.88 Å². The number of amides is 1. The Labute approximate surface area is 172 Å². The van der Waals surface area contributed by atoms with Crippen LogP contribution in [0, 0.1) is 5.41 Å². The molecule has 1 aromatic rings. The molecule has 2 N–H and O–H groups in total. The van der Waals surface area contributed by atoms with Crippen molar-refractivity contribution < 1.29 is 9.53 Å². The molecule has 0 spiro atoms. The molecule has 1 heterocycles. The summed E-state index contributed by atoms with van der Waals surface area (Å²) in [4.78, 5) is 20.9. The summed E-state index contributed by atoms with van der Waals surface area (Å²) in [5.41, 5.74) is 6.55. The minimum atomic E-state index is -0.849. The number of rotatable bonds is 5. The molecule has 1 saturated carbocycles. The first-order valence-corrected chi connectivity index (χ1v) is 9.74. The van der Waals surface area contributed by atoms with E-state index in [1.54, 1.807) is 16.2 Å². The van der Waals surface area contributed by atoms with E-state index in [1.165, 1.54) is 23.4 Å². The Morgan fingerprint density at radius 3 is 2.58 bits per heavy atom. The van der Waals surface area contributed by atoms with E-state index < -0.39 is 5.54 Å². The maximum atomic E-state index is 13.0. The van der Waals surface area contributed by atoms with Gasteiger partial charge < -0.3 is 15.4 Å². The van der Waals surface area contributed by atoms with Crippen LogP contribution >= 0.6 is 36.2 Å². The van der Waals surface area contributed by atoms with Crippen molar-refractivity contribution in [2.75, 3.05) is 13.7 Å². The summed E-state index contributed by atoms with van der Waals surface area (Å²) in [7, 11) is 1.83. The number of carbonyl (C=O) groups excluding carboxylic acids is 1. The lowest BCUT2D eigenvalue weighted by molar-refractivity contribution is -0.178. The second-order valence-corrected chi connectivity index (χ2v) is 8.86. The second kappa shape index (κ2) is 8.74. The van der Waals surface area contributed by atoms with Crippen LogP contribution in [0.5, 0.6) is 0 Å². The van der Waals surface area contributed by atoms with E-state index in [1.807, 2.05) is 27.8 Å². The SMILES string of the molecule is CCOC1CC(N)(C(=O)N(C)Cc2nc3c(s2)CCCC3)C1(C)C.Cl.Cl. The van der Waals surface area contributed by atoms with E-state index in [0.717, 1.165) is 17.8 Å². The number of halogens is 2. The summed E-state index contributed by atoms with van der Waals surface area (Å²) >= 11 is 1.76. The van der Waals surface area contributed by atoms with Crippen LogP contribution in [0.25, 0.3) is 0 Å². The highest BCUT2D eigenvalue weighted by Gasteiger charge is 2.63. The van der Waals surface area contributed by atoms with Gasteiger partial charge >= 0.3 is 0 Å². The first-order chi connectivity index (χ1) is 11.3. The van der Waals surface area contributed by atoms with E-state index >= 15 is 0 Å². The lowest BCUT2D eigenvalue weighted by Gasteiger charge is -2.58.